The van der Waals surface area contributed by atoms with Gasteiger partial charge in [-0.2, -0.15) is 0 Å². The Kier molecular flexibility index (Phi) is 4.70. The maximum absolute atomic E-state index is 12.8. The van der Waals surface area contributed by atoms with E-state index in [0.29, 0.717) is 31.5 Å². The van der Waals surface area contributed by atoms with E-state index < -0.39 is 6.10 Å². The van der Waals surface area contributed by atoms with Gasteiger partial charge in [-0.3, -0.25) is 9.69 Å². The standard InChI is InChI=1S/C18H24N4O3/c23-14-11-21(13-5-9-25-10-6-13)7-8-22(12-14)18(24)17-19-15-3-1-2-4-16(15)20-17/h1-4,13-14,23H,5-12H2,(H,19,20). The molecule has 0 saturated carbocycles. The predicted molar refractivity (Wildman–Crippen MR) is 93.4 cm³/mol. The SMILES string of the molecule is O=C(c1nc2ccccc2[nH]1)N1CCN(C2CCOCC2)CC(O)C1. The number of aromatic nitrogens is 2. The number of β-amino-alcohol motifs (C(OH)–C–C–N with tert-alkyl or cyclic N) is 1. The van der Waals surface area contributed by atoms with Gasteiger partial charge in [0.25, 0.3) is 5.91 Å². The van der Waals surface area contributed by atoms with Crippen molar-refractivity contribution in [1.82, 2.24) is 19.8 Å². The summed E-state index contributed by atoms with van der Waals surface area (Å²) >= 11 is 0. The summed E-state index contributed by atoms with van der Waals surface area (Å²) in [5.41, 5.74) is 1.63. The van der Waals surface area contributed by atoms with Gasteiger partial charge in [0.05, 0.1) is 17.1 Å². The minimum atomic E-state index is -0.543. The molecule has 4 rings (SSSR count). The van der Waals surface area contributed by atoms with Gasteiger partial charge in [0, 0.05) is 45.4 Å². The predicted octanol–water partition coefficient (Wildman–Crippen LogP) is 0.861. The molecule has 7 nitrogen and oxygen atoms in total. The van der Waals surface area contributed by atoms with E-state index in [-0.39, 0.29) is 5.91 Å². The first-order valence-electron chi connectivity index (χ1n) is 8.94. The minimum absolute atomic E-state index is 0.149. The van der Waals surface area contributed by atoms with Crippen LogP contribution in [0.2, 0.25) is 0 Å². The van der Waals surface area contributed by atoms with Gasteiger partial charge in [-0.05, 0) is 25.0 Å². The molecule has 2 aliphatic rings. The van der Waals surface area contributed by atoms with E-state index in [9.17, 15) is 9.90 Å². The van der Waals surface area contributed by atoms with Crippen molar-refractivity contribution in [3.8, 4) is 0 Å². The second-order valence-corrected chi connectivity index (χ2v) is 6.85. The lowest BCUT2D eigenvalue weighted by Crippen LogP contribution is -2.43. The average molecular weight is 344 g/mol. The Hall–Kier alpha value is -1.96. The van der Waals surface area contributed by atoms with Gasteiger partial charge in [-0.15, -0.1) is 0 Å². The molecule has 2 aromatic rings. The van der Waals surface area contributed by atoms with E-state index in [1.165, 1.54) is 0 Å². The Morgan fingerprint density at radius 3 is 2.80 bits per heavy atom. The Morgan fingerprint density at radius 1 is 1.20 bits per heavy atom. The van der Waals surface area contributed by atoms with E-state index in [4.69, 9.17) is 4.74 Å². The molecule has 0 spiro atoms. The number of carbonyl (C=O) groups is 1. The number of H-pyrrole nitrogens is 1. The summed E-state index contributed by atoms with van der Waals surface area (Å²) in [6.45, 7) is 3.87. The first-order valence-corrected chi connectivity index (χ1v) is 8.94. The maximum Gasteiger partial charge on any atom is 0.289 e. The van der Waals surface area contributed by atoms with Gasteiger partial charge in [0.1, 0.15) is 0 Å². The smallest absolute Gasteiger partial charge is 0.289 e. The van der Waals surface area contributed by atoms with Crippen molar-refractivity contribution < 1.29 is 14.6 Å². The zero-order valence-electron chi connectivity index (χ0n) is 14.2. The highest BCUT2D eigenvalue weighted by molar-refractivity contribution is 5.94. The van der Waals surface area contributed by atoms with Crippen molar-refractivity contribution in [3.63, 3.8) is 0 Å². The number of benzene rings is 1. The molecule has 2 fully saturated rings. The molecule has 1 aromatic heterocycles. The van der Waals surface area contributed by atoms with Crippen LogP contribution in [0.1, 0.15) is 23.5 Å². The van der Waals surface area contributed by atoms with Crippen LogP contribution in [-0.4, -0.2) is 82.3 Å². The average Bonchev–Trinajstić information content (AvgIpc) is 2.98. The van der Waals surface area contributed by atoms with Crippen LogP contribution in [0.4, 0.5) is 0 Å². The fourth-order valence-electron chi connectivity index (χ4n) is 3.78. The molecule has 1 amide bonds. The third-order valence-corrected chi connectivity index (χ3v) is 5.12. The monoisotopic (exact) mass is 344 g/mol. The first-order chi connectivity index (χ1) is 12.2. The van der Waals surface area contributed by atoms with Gasteiger partial charge in [0.15, 0.2) is 5.82 Å². The van der Waals surface area contributed by atoms with Gasteiger partial charge in [-0.25, -0.2) is 4.98 Å². The Balaban J connectivity index is 1.47. The summed E-state index contributed by atoms with van der Waals surface area (Å²) in [6.07, 6.45) is 1.44. The van der Waals surface area contributed by atoms with Crippen molar-refractivity contribution in [2.24, 2.45) is 0 Å². The highest BCUT2D eigenvalue weighted by Crippen LogP contribution is 2.18. The number of hydrogen-bond acceptors (Lipinski definition) is 5. The summed E-state index contributed by atoms with van der Waals surface area (Å²) in [4.78, 5) is 24.3. The third kappa shape index (κ3) is 3.53. The van der Waals surface area contributed by atoms with Crippen LogP contribution in [0.3, 0.4) is 0 Å². The number of fused-ring (bicyclic) bond motifs is 1. The minimum Gasteiger partial charge on any atom is -0.390 e. The Labute approximate surface area is 146 Å². The molecule has 7 heteroatoms. The highest BCUT2D eigenvalue weighted by atomic mass is 16.5. The maximum atomic E-state index is 12.8. The fraction of sp³-hybridized carbons (Fsp3) is 0.556. The van der Waals surface area contributed by atoms with Gasteiger partial charge < -0.3 is 19.7 Å². The second kappa shape index (κ2) is 7.11. The quantitative estimate of drug-likeness (QED) is 0.844. The number of nitrogens with one attached hydrogen (secondary N) is 1. The molecular weight excluding hydrogens is 320 g/mol. The molecule has 0 radical (unpaired) electrons. The van der Waals surface area contributed by atoms with Crippen LogP contribution >= 0.6 is 0 Å². The number of amides is 1. The van der Waals surface area contributed by atoms with E-state index >= 15 is 0 Å². The molecule has 1 atom stereocenters. The molecule has 2 N–H and O–H groups in total. The number of hydrogen-bond donors (Lipinski definition) is 2. The van der Waals surface area contributed by atoms with Crippen LogP contribution in [0, 0.1) is 0 Å². The fourth-order valence-corrected chi connectivity index (χ4v) is 3.78. The molecule has 3 heterocycles. The number of para-hydroxylation sites is 2. The first kappa shape index (κ1) is 16.5. The number of aromatic amines is 1. The van der Waals surface area contributed by atoms with Gasteiger partial charge >= 0.3 is 0 Å². The van der Waals surface area contributed by atoms with E-state index in [0.717, 1.165) is 43.6 Å². The summed E-state index contributed by atoms with van der Waals surface area (Å²) < 4.78 is 5.43. The summed E-state index contributed by atoms with van der Waals surface area (Å²) in [7, 11) is 0. The number of aliphatic hydroxyl groups excluding tert-OH is 1. The van der Waals surface area contributed by atoms with Crippen LogP contribution < -0.4 is 0 Å². The molecule has 0 aliphatic carbocycles. The zero-order valence-corrected chi connectivity index (χ0v) is 14.2. The van der Waals surface area contributed by atoms with E-state index in [1.807, 2.05) is 24.3 Å². The molecule has 2 aliphatic heterocycles. The Bertz CT molecular complexity index is 708. The van der Waals surface area contributed by atoms with Crippen LogP contribution in [0.25, 0.3) is 11.0 Å². The zero-order chi connectivity index (χ0) is 17.2. The van der Waals surface area contributed by atoms with Crippen LogP contribution in [-0.2, 0) is 4.74 Å². The lowest BCUT2D eigenvalue weighted by Gasteiger charge is -2.33. The summed E-state index contributed by atoms with van der Waals surface area (Å²) in [5, 5.41) is 10.4. The Morgan fingerprint density at radius 2 is 2.00 bits per heavy atom. The normalized spacial score (nSPS) is 23.7. The van der Waals surface area contributed by atoms with Crippen LogP contribution in [0.5, 0.6) is 0 Å². The molecule has 1 unspecified atom stereocenters. The third-order valence-electron chi connectivity index (χ3n) is 5.12. The van der Waals surface area contributed by atoms with Gasteiger partial charge in [0.2, 0.25) is 0 Å². The van der Waals surface area contributed by atoms with Crippen LogP contribution in [0.15, 0.2) is 24.3 Å². The van der Waals surface area contributed by atoms with E-state index in [2.05, 4.69) is 14.9 Å². The summed E-state index contributed by atoms with van der Waals surface area (Å²) in [6, 6.07) is 8.04. The molecule has 1 aromatic carbocycles. The van der Waals surface area contributed by atoms with Crippen molar-refractivity contribution in [3.05, 3.63) is 30.1 Å². The lowest BCUT2D eigenvalue weighted by atomic mass is 10.1. The lowest BCUT2D eigenvalue weighted by molar-refractivity contribution is 0.0217. The second-order valence-electron chi connectivity index (χ2n) is 6.85. The molecule has 2 saturated heterocycles. The van der Waals surface area contributed by atoms with Crippen molar-refractivity contribution >= 4 is 16.9 Å². The molecular formula is C18H24N4O3. The number of carbonyl (C=O) groups excluding carboxylic acids is 1. The van der Waals surface area contributed by atoms with Crippen molar-refractivity contribution in [2.75, 3.05) is 39.4 Å². The number of rotatable bonds is 2. The highest BCUT2D eigenvalue weighted by Gasteiger charge is 2.30. The number of ether oxygens (including phenoxy) is 1. The number of imidazole rings is 1. The molecule has 134 valence electrons. The topological polar surface area (TPSA) is 81.7 Å². The number of nitrogens with zero attached hydrogens (tertiary/aromatic N) is 3. The van der Waals surface area contributed by atoms with Crippen molar-refractivity contribution in [1.29, 1.82) is 0 Å². The molecule has 25 heavy (non-hydrogen) atoms. The summed E-state index contributed by atoms with van der Waals surface area (Å²) in [5.74, 6) is 0.192. The molecule has 0 bridgehead atoms. The largest absolute Gasteiger partial charge is 0.390 e. The van der Waals surface area contributed by atoms with Crippen molar-refractivity contribution in [2.45, 2.75) is 25.0 Å². The van der Waals surface area contributed by atoms with Gasteiger partial charge in [-0.1, -0.05) is 12.1 Å². The van der Waals surface area contributed by atoms with E-state index in [1.54, 1.807) is 4.90 Å². The number of aliphatic hydroxyl groups is 1.